The molecule has 0 fully saturated rings. The van der Waals surface area contributed by atoms with Crippen LogP contribution < -0.4 is 21.5 Å². The molecule has 0 radical (unpaired) electrons. The second-order valence-corrected chi connectivity index (χ2v) is 4.50. The summed E-state index contributed by atoms with van der Waals surface area (Å²) in [5, 5.41) is 2.98. The zero-order valence-electron chi connectivity index (χ0n) is 9.70. The molecule has 2 rings (SSSR count). The average Bonchev–Trinajstić information content (AvgIpc) is 2.55. The number of hydrogen-bond acceptors (Lipinski definition) is 4. The normalized spacial score (nSPS) is 14.1. The van der Waals surface area contributed by atoms with E-state index >= 15 is 0 Å². The van der Waals surface area contributed by atoms with Crippen molar-refractivity contribution in [2.45, 2.75) is 20.4 Å². The Bertz CT molecular complexity index is 515. The number of hydrogen-bond donors (Lipinski definition) is 2. The third-order valence-corrected chi connectivity index (χ3v) is 2.57. The Labute approximate surface area is 92.9 Å². The molecule has 1 aromatic heterocycles. The lowest BCUT2D eigenvalue weighted by atomic mass is 10.2. The van der Waals surface area contributed by atoms with Gasteiger partial charge in [-0.1, -0.05) is 13.8 Å². The van der Waals surface area contributed by atoms with E-state index in [2.05, 4.69) is 10.3 Å². The van der Waals surface area contributed by atoms with Crippen LogP contribution in [0.4, 0.5) is 11.5 Å². The van der Waals surface area contributed by atoms with Gasteiger partial charge in [0.05, 0.1) is 6.67 Å². The third-order valence-electron chi connectivity index (χ3n) is 2.57. The van der Waals surface area contributed by atoms with E-state index < -0.39 is 0 Å². The second-order valence-electron chi connectivity index (χ2n) is 4.50. The van der Waals surface area contributed by atoms with Gasteiger partial charge in [-0.05, 0) is 5.92 Å². The van der Waals surface area contributed by atoms with Gasteiger partial charge in [-0.25, -0.2) is 4.79 Å². The number of nitrogens with zero attached hydrogens (tertiary/aromatic N) is 2. The molecule has 0 bridgehead atoms. The summed E-state index contributed by atoms with van der Waals surface area (Å²) >= 11 is 0. The fourth-order valence-corrected chi connectivity index (χ4v) is 1.92. The van der Waals surface area contributed by atoms with E-state index in [-0.39, 0.29) is 11.2 Å². The first-order valence-electron chi connectivity index (χ1n) is 5.33. The number of aromatic amines is 1. The van der Waals surface area contributed by atoms with Crippen molar-refractivity contribution in [1.82, 2.24) is 9.55 Å². The predicted octanol–water partition coefficient (Wildman–Crippen LogP) is 0.0118. The summed E-state index contributed by atoms with van der Waals surface area (Å²) in [6.45, 7) is 5.22. The molecular weight excluding hydrogens is 208 g/mol. The van der Waals surface area contributed by atoms with Gasteiger partial charge in [0.1, 0.15) is 11.5 Å². The molecule has 16 heavy (non-hydrogen) atoms. The molecule has 2 N–H and O–H groups in total. The molecule has 2 heterocycles. The van der Waals surface area contributed by atoms with Gasteiger partial charge in [-0.3, -0.25) is 14.3 Å². The Hall–Kier alpha value is -1.72. The van der Waals surface area contributed by atoms with Crippen LogP contribution >= 0.6 is 0 Å². The van der Waals surface area contributed by atoms with Crippen LogP contribution in [0.5, 0.6) is 0 Å². The third kappa shape index (κ3) is 1.60. The maximum absolute atomic E-state index is 11.7. The smallest absolute Gasteiger partial charge is 0.330 e. The number of rotatable bonds is 2. The fourth-order valence-electron chi connectivity index (χ4n) is 1.92. The molecule has 1 aliphatic rings. The molecule has 1 aromatic rings. The zero-order valence-corrected chi connectivity index (χ0v) is 9.70. The van der Waals surface area contributed by atoms with Crippen LogP contribution in [0.2, 0.25) is 0 Å². The van der Waals surface area contributed by atoms with Crippen LogP contribution in [0.1, 0.15) is 13.8 Å². The second kappa shape index (κ2) is 3.70. The van der Waals surface area contributed by atoms with Crippen molar-refractivity contribution >= 4 is 11.5 Å². The first-order chi connectivity index (χ1) is 7.50. The quantitative estimate of drug-likeness (QED) is 0.742. The van der Waals surface area contributed by atoms with Crippen molar-refractivity contribution in [3.8, 4) is 0 Å². The van der Waals surface area contributed by atoms with Crippen LogP contribution in [0.3, 0.4) is 0 Å². The molecule has 0 saturated carbocycles. The zero-order chi connectivity index (χ0) is 11.9. The van der Waals surface area contributed by atoms with Gasteiger partial charge in [-0.15, -0.1) is 0 Å². The number of anilines is 2. The minimum atomic E-state index is -0.343. The van der Waals surface area contributed by atoms with E-state index in [1.807, 2.05) is 25.8 Å². The summed E-state index contributed by atoms with van der Waals surface area (Å²) < 4.78 is 1.61. The lowest BCUT2D eigenvalue weighted by Crippen LogP contribution is -2.33. The highest BCUT2D eigenvalue weighted by Gasteiger charge is 2.23. The van der Waals surface area contributed by atoms with Gasteiger partial charge in [0, 0.05) is 13.6 Å². The SMILES string of the molecule is CC(C)Cn1c2c(c(=O)[nH]c1=O)NCN2C. The molecule has 88 valence electrons. The van der Waals surface area contributed by atoms with Gasteiger partial charge >= 0.3 is 5.69 Å². The monoisotopic (exact) mass is 224 g/mol. The van der Waals surface area contributed by atoms with Crippen LogP contribution in [0.25, 0.3) is 0 Å². The maximum atomic E-state index is 11.7. The summed E-state index contributed by atoms with van der Waals surface area (Å²) in [6.07, 6.45) is 0. The highest BCUT2D eigenvalue weighted by Crippen LogP contribution is 2.24. The molecule has 0 spiro atoms. The number of aromatic nitrogens is 2. The van der Waals surface area contributed by atoms with E-state index in [0.717, 1.165) is 0 Å². The Morgan fingerprint density at radius 1 is 1.38 bits per heavy atom. The molecule has 0 aliphatic carbocycles. The number of nitrogens with one attached hydrogen (secondary N) is 2. The lowest BCUT2D eigenvalue weighted by Gasteiger charge is -2.17. The van der Waals surface area contributed by atoms with Gasteiger partial charge in [-0.2, -0.15) is 0 Å². The van der Waals surface area contributed by atoms with Gasteiger partial charge in [0.15, 0.2) is 0 Å². The number of fused-ring (bicyclic) bond motifs is 1. The van der Waals surface area contributed by atoms with Crippen molar-refractivity contribution in [1.29, 1.82) is 0 Å². The van der Waals surface area contributed by atoms with Gasteiger partial charge in [0.25, 0.3) is 5.56 Å². The van der Waals surface area contributed by atoms with E-state index in [1.54, 1.807) is 4.57 Å². The average molecular weight is 224 g/mol. The minimum Gasteiger partial charge on any atom is -0.360 e. The van der Waals surface area contributed by atoms with E-state index in [1.165, 1.54) is 0 Å². The summed E-state index contributed by atoms with van der Waals surface area (Å²) in [7, 11) is 1.86. The molecular formula is C10H16N4O2. The molecule has 0 unspecified atom stereocenters. The molecule has 0 aromatic carbocycles. The standard InChI is InChI=1S/C10H16N4O2/c1-6(2)4-14-9-7(11-5-13(9)3)8(15)12-10(14)16/h6,11H,4-5H2,1-3H3,(H,12,15,16). The van der Waals surface area contributed by atoms with E-state index in [9.17, 15) is 9.59 Å². The van der Waals surface area contributed by atoms with Crippen molar-refractivity contribution in [3.63, 3.8) is 0 Å². The first-order valence-corrected chi connectivity index (χ1v) is 5.33. The van der Waals surface area contributed by atoms with Crippen LogP contribution in [-0.2, 0) is 6.54 Å². The van der Waals surface area contributed by atoms with E-state index in [0.29, 0.717) is 30.6 Å². The van der Waals surface area contributed by atoms with E-state index in [4.69, 9.17) is 0 Å². The van der Waals surface area contributed by atoms with Crippen molar-refractivity contribution in [2.24, 2.45) is 5.92 Å². The maximum Gasteiger partial charge on any atom is 0.330 e. The lowest BCUT2D eigenvalue weighted by molar-refractivity contribution is 0.504. The highest BCUT2D eigenvalue weighted by atomic mass is 16.2. The van der Waals surface area contributed by atoms with Crippen LogP contribution in [0, 0.1) is 5.92 Å². The first kappa shape index (κ1) is 10.8. The summed E-state index contributed by atoms with van der Waals surface area (Å²) in [4.78, 5) is 27.5. The molecule has 0 atom stereocenters. The van der Waals surface area contributed by atoms with Gasteiger partial charge < -0.3 is 10.2 Å². The Balaban J connectivity index is 2.65. The van der Waals surface area contributed by atoms with Crippen LogP contribution in [-0.4, -0.2) is 23.3 Å². The Morgan fingerprint density at radius 3 is 2.69 bits per heavy atom. The minimum absolute atomic E-state index is 0.340. The molecule has 6 nitrogen and oxygen atoms in total. The van der Waals surface area contributed by atoms with Crippen molar-refractivity contribution < 1.29 is 0 Å². The molecule has 1 aliphatic heterocycles. The summed E-state index contributed by atoms with van der Waals surface area (Å²) in [5.74, 6) is 1.03. The van der Waals surface area contributed by atoms with Gasteiger partial charge in [0.2, 0.25) is 0 Å². The van der Waals surface area contributed by atoms with Crippen molar-refractivity contribution in [3.05, 3.63) is 20.8 Å². The Kier molecular flexibility index (Phi) is 2.49. The predicted molar refractivity (Wildman–Crippen MR) is 63.1 cm³/mol. The summed E-state index contributed by atoms with van der Waals surface area (Å²) in [5.41, 5.74) is -0.194. The van der Waals surface area contributed by atoms with Crippen molar-refractivity contribution in [2.75, 3.05) is 23.9 Å². The number of H-pyrrole nitrogens is 1. The summed E-state index contributed by atoms with van der Waals surface area (Å²) in [6, 6.07) is 0. The largest absolute Gasteiger partial charge is 0.360 e. The molecule has 6 heteroatoms. The van der Waals surface area contributed by atoms with Crippen LogP contribution in [0.15, 0.2) is 9.59 Å². The highest BCUT2D eigenvalue weighted by molar-refractivity contribution is 5.69. The Morgan fingerprint density at radius 2 is 2.06 bits per heavy atom. The topological polar surface area (TPSA) is 70.1 Å². The molecule has 0 saturated heterocycles. The fraction of sp³-hybridized carbons (Fsp3) is 0.600. The molecule has 0 amide bonds.